The molecule has 2 aromatic rings. The molecular weight excluding hydrogens is 396 g/mol. The number of nitrogens with zero attached hydrogens (tertiary/aromatic N) is 4. The van der Waals surface area contributed by atoms with Gasteiger partial charge in [-0.1, -0.05) is 0 Å². The Morgan fingerprint density at radius 3 is 2.65 bits per heavy atom. The van der Waals surface area contributed by atoms with Crippen molar-refractivity contribution in [2.75, 3.05) is 32.0 Å². The Bertz CT molecular complexity index is 935. The van der Waals surface area contributed by atoms with E-state index in [0.717, 1.165) is 38.0 Å². The van der Waals surface area contributed by atoms with Crippen LogP contribution in [0, 0.1) is 6.92 Å². The van der Waals surface area contributed by atoms with E-state index in [0.29, 0.717) is 36.5 Å². The first-order chi connectivity index (χ1) is 15.0. The van der Waals surface area contributed by atoms with Crippen LogP contribution in [-0.4, -0.2) is 64.0 Å². The molecule has 0 bridgehead atoms. The molecule has 2 fully saturated rings. The summed E-state index contributed by atoms with van der Waals surface area (Å²) in [5.41, 5.74) is 8.16. The zero-order valence-corrected chi connectivity index (χ0v) is 17.7. The molecule has 3 N–H and O–H groups in total. The highest BCUT2D eigenvalue weighted by Crippen LogP contribution is 2.27. The molecule has 2 saturated heterocycles. The van der Waals surface area contributed by atoms with Gasteiger partial charge in [0.25, 0.3) is 11.8 Å². The quantitative estimate of drug-likeness (QED) is 0.748. The third-order valence-electron chi connectivity index (χ3n) is 5.99. The predicted octanol–water partition coefficient (Wildman–Crippen LogP) is 1.69. The van der Waals surface area contributed by atoms with Crippen LogP contribution < -0.4 is 11.1 Å². The van der Waals surface area contributed by atoms with Crippen LogP contribution in [0.4, 0.5) is 5.95 Å². The number of carbonyl (C=O) groups is 2. The van der Waals surface area contributed by atoms with Gasteiger partial charge >= 0.3 is 0 Å². The number of aromatic nitrogens is 3. The lowest BCUT2D eigenvalue weighted by molar-refractivity contribution is 0.0710. The highest BCUT2D eigenvalue weighted by molar-refractivity contribution is 5.95. The second-order valence-electron chi connectivity index (χ2n) is 8.11. The van der Waals surface area contributed by atoms with Gasteiger partial charge in [0.2, 0.25) is 5.95 Å². The maximum Gasteiger partial charge on any atom is 0.257 e. The molecule has 1 atom stereocenters. The molecule has 9 nitrogen and oxygen atoms in total. The Morgan fingerprint density at radius 1 is 1.19 bits per heavy atom. The number of rotatable bonds is 5. The molecule has 9 heteroatoms. The number of anilines is 1. The fraction of sp³-hybridized carbons (Fsp3) is 0.500. The second-order valence-corrected chi connectivity index (χ2v) is 8.11. The van der Waals surface area contributed by atoms with Crippen molar-refractivity contribution in [3.63, 3.8) is 0 Å². The molecule has 4 rings (SSSR count). The van der Waals surface area contributed by atoms with Gasteiger partial charge in [0.15, 0.2) is 0 Å². The van der Waals surface area contributed by atoms with Crippen molar-refractivity contribution >= 4 is 17.8 Å². The topological polar surface area (TPSA) is 123 Å². The number of ether oxygens (including phenoxy) is 1. The highest BCUT2D eigenvalue weighted by Gasteiger charge is 2.27. The fourth-order valence-corrected chi connectivity index (χ4v) is 4.14. The van der Waals surface area contributed by atoms with E-state index in [1.807, 2.05) is 17.0 Å². The summed E-state index contributed by atoms with van der Waals surface area (Å²) in [7, 11) is 0. The van der Waals surface area contributed by atoms with Crippen LogP contribution in [0.2, 0.25) is 0 Å². The van der Waals surface area contributed by atoms with Gasteiger partial charge in [-0.05, 0) is 44.7 Å². The van der Waals surface area contributed by atoms with Crippen molar-refractivity contribution in [2.24, 2.45) is 0 Å². The Labute approximate surface area is 181 Å². The number of pyridine rings is 1. The van der Waals surface area contributed by atoms with Crippen molar-refractivity contribution in [3.05, 3.63) is 47.0 Å². The first-order valence-electron chi connectivity index (χ1n) is 10.8. The molecule has 2 aromatic heterocycles. The number of nitrogen functional groups attached to an aromatic ring is 1. The average molecular weight is 425 g/mol. The minimum Gasteiger partial charge on any atom is -0.376 e. The molecule has 4 heterocycles. The van der Waals surface area contributed by atoms with Gasteiger partial charge in [0.05, 0.1) is 22.9 Å². The number of hydrogen-bond donors (Lipinski definition) is 2. The van der Waals surface area contributed by atoms with Crippen LogP contribution in [0.25, 0.3) is 0 Å². The Hall–Kier alpha value is -3.07. The van der Waals surface area contributed by atoms with E-state index in [1.165, 1.54) is 6.20 Å². The molecule has 0 aliphatic carbocycles. The molecule has 0 aromatic carbocycles. The van der Waals surface area contributed by atoms with Crippen molar-refractivity contribution in [1.29, 1.82) is 0 Å². The van der Waals surface area contributed by atoms with Crippen LogP contribution in [0.3, 0.4) is 0 Å². The summed E-state index contributed by atoms with van der Waals surface area (Å²) in [5.74, 6) is 0.234. The molecule has 2 aliphatic rings. The first-order valence-corrected chi connectivity index (χ1v) is 10.8. The number of piperidine rings is 1. The molecular formula is C22H28N6O3. The lowest BCUT2D eigenvalue weighted by atomic mass is 9.92. The summed E-state index contributed by atoms with van der Waals surface area (Å²) in [5, 5.41) is 2.92. The van der Waals surface area contributed by atoms with Crippen molar-refractivity contribution < 1.29 is 14.3 Å². The zero-order chi connectivity index (χ0) is 21.8. The Morgan fingerprint density at radius 2 is 2.00 bits per heavy atom. The predicted molar refractivity (Wildman–Crippen MR) is 115 cm³/mol. The summed E-state index contributed by atoms with van der Waals surface area (Å²) < 4.78 is 5.53. The molecule has 164 valence electrons. The van der Waals surface area contributed by atoms with Gasteiger partial charge in [-0.2, -0.15) is 0 Å². The van der Waals surface area contributed by atoms with Gasteiger partial charge < -0.3 is 20.7 Å². The molecule has 0 spiro atoms. The molecule has 0 unspecified atom stereocenters. The van der Waals surface area contributed by atoms with Crippen LogP contribution in [-0.2, 0) is 4.74 Å². The molecule has 31 heavy (non-hydrogen) atoms. The van der Waals surface area contributed by atoms with E-state index in [9.17, 15) is 9.59 Å². The van der Waals surface area contributed by atoms with Crippen molar-refractivity contribution in [2.45, 2.75) is 44.6 Å². The van der Waals surface area contributed by atoms with Crippen molar-refractivity contribution in [3.8, 4) is 0 Å². The fourth-order valence-electron chi connectivity index (χ4n) is 4.14. The number of amides is 2. The zero-order valence-electron chi connectivity index (χ0n) is 17.7. The molecule has 2 aliphatic heterocycles. The van der Waals surface area contributed by atoms with Crippen molar-refractivity contribution in [1.82, 2.24) is 25.2 Å². The summed E-state index contributed by atoms with van der Waals surface area (Å²) in [4.78, 5) is 39.5. The minimum absolute atomic E-state index is 0.0674. The third-order valence-corrected chi connectivity index (χ3v) is 5.99. The standard InChI is InChI=1S/C22H28N6O3/c1-14-18(13-26-22(23)27-14)21(30)28-8-6-15(7-9-28)19-5-4-16(11-24-19)20(29)25-12-17-3-2-10-31-17/h4-5,11,13,15,17H,2-3,6-10,12H2,1H3,(H,25,29)(H2,23,26,27)/t17-/m0/s1. The van der Waals surface area contributed by atoms with Gasteiger partial charge in [-0.25, -0.2) is 9.97 Å². The van der Waals surface area contributed by atoms with Crippen LogP contribution in [0.1, 0.15) is 63.7 Å². The highest BCUT2D eigenvalue weighted by atomic mass is 16.5. The second kappa shape index (κ2) is 9.38. The largest absolute Gasteiger partial charge is 0.376 e. The lowest BCUT2D eigenvalue weighted by Gasteiger charge is -2.32. The van der Waals surface area contributed by atoms with E-state index in [-0.39, 0.29) is 29.8 Å². The van der Waals surface area contributed by atoms with E-state index < -0.39 is 0 Å². The first kappa shape index (κ1) is 21.2. The van der Waals surface area contributed by atoms with Gasteiger partial charge in [-0.3, -0.25) is 14.6 Å². The van der Waals surface area contributed by atoms with E-state index in [4.69, 9.17) is 10.5 Å². The molecule has 2 amide bonds. The number of nitrogens with one attached hydrogen (secondary N) is 1. The summed E-state index contributed by atoms with van der Waals surface area (Å²) in [6, 6.07) is 3.74. The molecule has 0 radical (unpaired) electrons. The lowest BCUT2D eigenvalue weighted by Crippen LogP contribution is -2.38. The summed E-state index contributed by atoms with van der Waals surface area (Å²) in [6.45, 7) is 4.35. The van der Waals surface area contributed by atoms with E-state index in [1.54, 1.807) is 13.1 Å². The monoisotopic (exact) mass is 424 g/mol. The maximum absolute atomic E-state index is 12.8. The van der Waals surface area contributed by atoms with Gasteiger partial charge in [0, 0.05) is 50.2 Å². The number of likely N-dealkylation sites (tertiary alicyclic amines) is 1. The SMILES string of the molecule is Cc1nc(N)ncc1C(=O)N1CCC(c2ccc(C(=O)NC[C@@H]3CCCO3)cn2)CC1. The van der Waals surface area contributed by atoms with E-state index in [2.05, 4.69) is 20.3 Å². The molecule has 0 saturated carbocycles. The van der Waals surface area contributed by atoms with Gasteiger partial charge in [-0.15, -0.1) is 0 Å². The number of hydrogen-bond acceptors (Lipinski definition) is 7. The summed E-state index contributed by atoms with van der Waals surface area (Å²) >= 11 is 0. The smallest absolute Gasteiger partial charge is 0.257 e. The Kier molecular flexibility index (Phi) is 6.41. The van der Waals surface area contributed by atoms with E-state index >= 15 is 0 Å². The maximum atomic E-state index is 12.8. The Balaban J connectivity index is 1.30. The number of nitrogens with two attached hydrogens (primary N) is 1. The van der Waals surface area contributed by atoms with Crippen LogP contribution in [0.15, 0.2) is 24.5 Å². The van der Waals surface area contributed by atoms with Crippen LogP contribution in [0.5, 0.6) is 0 Å². The third kappa shape index (κ3) is 4.99. The number of carbonyl (C=O) groups excluding carboxylic acids is 2. The normalized spacial score (nSPS) is 19.4. The average Bonchev–Trinajstić information content (AvgIpc) is 3.31. The van der Waals surface area contributed by atoms with Crippen LogP contribution >= 0.6 is 0 Å². The number of aryl methyl sites for hydroxylation is 1. The minimum atomic E-state index is -0.129. The van der Waals surface area contributed by atoms with Gasteiger partial charge in [0.1, 0.15) is 0 Å². The summed E-state index contributed by atoms with van der Waals surface area (Å²) in [6.07, 6.45) is 6.92.